The molecule has 1 unspecified atom stereocenters. The van der Waals surface area contributed by atoms with Gasteiger partial charge in [-0.2, -0.15) is 0 Å². The fourth-order valence-electron chi connectivity index (χ4n) is 3.16. The zero-order valence-electron chi connectivity index (χ0n) is 17.3. The number of ether oxygens (including phenoxy) is 3. The van der Waals surface area contributed by atoms with Gasteiger partial charge in [0.1, 0.15) is 24.7 Å². The van der Waals surface area contributed by atoms with E-state index < -0.39 is 0 Å². The molecule has 2 N–H and O–H groups in total. The van der Waals surface area contributed by atoms with Crippen molar-refractivity contribution in [1.82, 2.24) is 10.6 Å². The number of nitrogens with one attached hydrogen (secondary N) is 2. The van der Waals surface area contributed by atoms with Gasteiger partial charge in [-0.05, 0) is 43.5 Å². The maximum absolute atomic E-state index is 6.07. The number of para-hydroxylation sites is 1. The lowest BCUT2D eigenvalue weighted by atomic mass is 10.1. The number of rotatable bonds is 9. The van der Waals surface area contributed by atoms with E-state index in [1.807, 2.05) is 30.3 Å². The molecule has 0 radical (unpaired) electrons. The Morgan fingerprint density at radius 1 is 1.14 bits per heavy atom. The number of nitrogens with zero attached hydrogens (tertiary/aromatic N) is 1. The van der Waals surface area contributed by atoms with E-state index in [0.717, 1.165) is 42.5 Å². The van der Waals surface area contributed by atoms with Gasteiger partial charge in [0.25, 0.3) is 0 Å². The van der Waals surface area contributed by atoms with Gasteiger partial charge in [0, 0.05) is 25.8 Å². The topological polar surface area (TPSA) is 64.1 Å². The number of guanidine groups is 1. The molecule has 1 fully saturated rings. The Morgan fingerprint density at radius 2 is 2.00 bits per heavy atom. The highest BCUT2D eigenvalue weighted by Crippen LogP contribution is 2.22. The van der Waals surface area contributed by atoms with Crippen molar-refractivity contribution in [1.29, 1.82) is 0 Å². The molecule has 3 rings (SSSR count). The average Bonchev–Trinajstić information content (AvgIpc) is 3.27. The zero-order valence-corrected chi connectivity index (χ0v) is 17.3. The molecule has 0 spiro atoms. The third-order valence-electron chi connectivity index (χ3n) is 4.75. The normalized spacial score (nSPS) is 16.5. The second-order valence-corrected chi connectivity index (χ2v) is 7.07. The molecular formula is C23H31N3O3. The molecule has 0 saturated carbocycles. The van der Waals surface area contributed by atoms with Crippen LogP contribution in [0.4, 0.5) is 0 Å². The van der Waals surface area contributed by atoms with Gasteiger partial charge in [-0.15, -0.1) is 0 Å². The molecule has 6 heteroatoms. The second-order valence-electron chi connectivity index (χ2n) is 7.07. The van der Waals surface area contributed by atoms with Gasteiger partial charge in [-0.3, -0.25) is 4.99 Å². The Hall–Kier alpha value is -2.73. The number of hydrogen-bond acceptors (Lipinski definition) is 4. The smallest absolute Gasteiger partial charge is 0.191 e. The van der Waals surface area contributed by atoms with Crippen LogP contribution in [0.3, 0.4) is 0 Å². The Balaban J connectivity index is 1.45. The second kappa shape index (κ2) is 11.3. The summed E-state index contributed by atoms with van der Waals surface area (Å²) in [6.45, 7) is 5.35. The van der Waals surface area contributed by atoms with E-state index in [2.05, 4.69) is 40.7 Å². The number of aryl methyl sites for hydroxylation is 1. The fourth-order valence-corrected chi connectivity index (χ4v) is 3.16. The van der Waals surface area contributed by atoms with Crippen LogP contribution in [-0.4, -0.2) is 45.5 Å². The highest BCUT2D eigenvalue weighted by molar-refractivity contribution is 5.79. The van der Waals surface area contributed by atoms with Gasteiger partial charge in [-0.25, -0.2) is 0 Å². The van der Waals surface area contributed by atoms with Gasteiger partial charge >= 0.3 is 0 Å². The van der Waals surface area contributed by atoms with Crippen LogP contribution < -0.4 is 20.1 Å². The third-order valence-corrected chi connectivity index (χ3v) is 4.75. The summed E-state index contributed by atoms with van der Waals surface area (Å²) < 4.78 is 17.4. The Labute approximate surface area is 173 Å². The largest absolute Gasteiger partial charge is 0.492 e. The number of aliphatic imine (C=N–C) groups is 1. The molecule has 1 aliphatic heterocycles. The van der Waals surface area contributed by atoms with E-state index in [4.69, 9.17) is 14.2 Å². The van der Waals surface area contributed by atoms with Crippen molar-refractivity contribution in [3.63, 3.8) is 0 Å². The van der Waals surface area contributed by atoms with Gasteiger partial charge in [0.15, 0.2) is 5.96 Å². The van der Waals surface area contributed by atoms with Crippen molar-refractivity contribution in [3.05, 3.63) is 59.7 Å². The molecule has 0 bridgehead atoms. The van der Waals surface area contributed by atoms with Gasteiger partial charge in [0.2, 0.25) is 0 Å². The van der Waals surface area contributed by atoms with Crippen molar-refractivity contribution >= 4 is 5.96 Å². The number of benzene rings is 2. The first-order chi connectivity index (χ1) is 14.2. The van der Waals surface area contributed by atoms with Crippen molar-refractivity contribution in [2.45, 2.75) is 32.4 Å². The van der Waals surface area contributed by atoms with E-state index >= 15 is 0 Å². The lowest BCUT2D eigenvalue weighted by Gasteiger charge is -2.17. The summed E-state index contributed by atoms with van der Waals surface area (Å²) >= 11 is 0. The molecular weight excluding hydrogens is 366 g/mol. The van der Waals surface area contributed by atoms with Crippen LogP contribution in [0.1, 0.15) is 24.0 Å². The summed E-state index contributed by atoms with van der Waals surface area (Å²) in [5, 5.41) is 6.61. The summed E-state index contributed by atoms with van der Waals surface area (Å²) in [5.41, 5.74) is 2.27. The molecule has 1 atom stereocenters. The van der Waals surface area contributed by atoms with E-state index in [9.17, 15) is 0 Å². The zero-order chi connectivity index (χ0) is 20.3. The minimum absolute atomic E-state index is 0.204. The van der Waals surface area contributed by atoms with E-state index in [-0.39, 0.29) is 6.10 Å². The van der Waals surface area contributed by atoms with Crippen LogP contribution in [0.25, 0.3) is 0 Å². The first kappa shape index (κ1) is 21.0. The number of hydrogen-bond donors (Lipinski definition) is 2. The van der Waals surface area contributed by atoms with Gasteiger partial charge in [-0.1, -0.05) is 30.3 Å². The highest BCUT2D eigenvalue weighted by atomic mass is 16.5. The fraction of sp³-hybridized carbons (Fsp3) is 0.435. The maximum atomic E-state index is 6.07. The summed E-state index contributed by atoms with van der Waals surface area (Å²) in [7, 11) is 1.76. The predicted octanol–water partition coefficient (Wildman–Crippen LogP) is 3.30. The van der Waals surface area contributed by atoms with Crippen molar-refractivity contribution in [3.8, 4) is 11.5 Å². The molecule has 0 aliphatic carbocycles. The minimum Gasteiger partial charge on any atom is -0.492 e. The molecule has 6 nitrogen and oxygen atoms in total. The predicted molar refractivity (Wildman–Crippen MR) is 116 cm³/mol. The molecule has 1 saturated heterocycles. The van der Waals surface area contributed by atoms with Gasteiger partial charge in [0.05, 0.1) is 12.6 Å². The Bertz CT molecular complexity index is 774. The molecule has 1 aliphatic rings. The summed E-state index contributed by atoms with van der Waals surface area (Å²) in [5.74, 6) is 2.49. The van der Waals surface area contributed by atoms with E-state index in [0.29, 0.717) is 26.3 Å². The minimum atomic E-state index is 0.204. The molecule has 2 aromatic carbocycles. The maximum Gasteiger partial charge on any atom is 0.191 e. The first-order valence-electron chi connectivity index (χ1n) is 10.2. The Morgan fingerprint density at radius 3 is 2.76 bits per heavy atom. The third kappa shape index (κ3) is 6.98. The first-order valence-corrected chi connectivity index (χ1v) is 10.2. The van der Waals surface area contributed by atoms with Crippen LogP contribution >= 0.6 is 0 Å². The van der Waals surface area contributed by atoms with Crippen LogP contribution in [0.15, 0.2) is 53.5 Å². The lowest BCUT2D eigenvalue weighted by Crippen LogP contribution is -2.39. The van der Waals surface area contributed by atoms with Crippen molar-refractivity contribution in [2.75, 3.05) is 33.4 Å². The van der Waals surface area contributed by atoms with Crippen molar-refractivity contribution < 1.29 is 14.2 Å². The van der Waals surface area contributed by atoms with Crippen LogP contribution in [0, 0.1) is 6.92 Å². The van der Waals surface area contributed by atoms with E-state index in [1.165, 1.54) is 5.56 Å². The molecule has 2 aromatic rings. The SMILES string of the molecule is CN=C(NCCOc1ccccc1)NCc1ccc(C)cc1OCC1CCCO1. The van der Waals surface area contributed by atoms with Gasteiger partial charge < -0.3 is 24.8 Å². The summed E-state index contributed by atoms with van der Waals surface area (Å²) in [6, 6.07) is 16.1. The molecule has 0 amide bonds. The van der Waals surface area contributed by atoms with E-state index in [1.54, 1.807) is 7.05 Å². The molecule has 29 heavy (non-hydrogen) atoms. The lowest BCUT2D eigenvalue weighted by molar-refractivity contribution is 0.0676. The monoisotopic (exact) mass is 397 g/mol. The van der Waals surface area contributed by atoms with Crippen molar-refractivity contribution in [2.24, 2.45) is 4.99 Å². The standard InChI is InChI=1S/C23H31N3O3/c1-18-10-11-19(22(15-18)29-17-21-9-6-13-27-21)16-26-23(24-2)25-12-14-28-20-7-4-3-5-8-20/h3-5,7-8,10-11,15,21H,6,9,12-14,16-17H2,1-2H3,(H2,24,25,26). The summed E-state index contributed by atoms with van der Waals surface area (Å²) in [4.78, 5) is 4.28. The highest BCUT2D eigenvalue weighted by Gasteiger charge is 2.17. The summed E-state index contributed by atoms with van der Waals surface area (Å²) in [6.07, 6.45) is 2.39. The molecule has 156 valence electrons. The van der Waals surface area contributed by atoms with Crippen LogP contribution in [0.2, 0.25) is 0 Å². The molecule has 0 aromatic heterocycles. The van der Waals surface area contributed by atoms with Crippen LogP contribution in [0.5, 0.6) is 11.5 Å². The average molecular weight is 398 g/mol. The molecule has 1 heterocycles. The Kier molecular flexibility index (Phi) is 8.19. The van der Waals surface area contributed by atoms with Crippen LogP contribution in [-0.2, 0) is 11.3 Å². The quantitative estimate of drug-likeness (QED) is 0.386.